The summed E-state index contributed by atoms with van der Waals surface area (Å²) in [5.41, 5.74) is -1.28. The minimum absolute atomic E-state index is 0.0486. The lowest BCUT2D eigenvalue weighted by Crippen LogP contribution is -2.62. The van der Waals surface area contributed by atoms with E-state index in [0.717, 1.165) is 4.90 Å². The van der Waals surface area contributed by atoms with Crippen molar-refractivity contribution >= 4 is 64.5 Å². The summed E-state index contributed by atoms with van der Waals surface area (Å²) >= 11 is 0. The molecule has 0 aromatic carbocycles. The number of hydrogen-bond donors (Lipinski definition) is 3. The van der Waals surface area contributed by atoms with Gasteiger partial charge in [0.1, 0.15) is 18.1 Å². The molecule has 21 nitrogen and oxygen atoms in total. The zero-order chi connectivity index (χ0) is 68.3. The van der Waals surface area contributed by atoms with Crippen molar-refractivity contribution < 1.29 is 67.3 Å². The van der Waals surface area contributed by atoms with E-state index >= 15 is 9.59 Å². The number of rotatable bonds is 17. The van der Waals surface area contributed by atoms with Gasteiger partial charge in [0.25, 0.3) is 0 Å². The number of ether oxygens (including phenoxy) is 2. The van der Waals surface area contributed by atoms with E-state index in [4.69, 9.17) is 9.47 Å². The number of carbonyl (C=O) groups excluding carboxylic acids is 11. The van der Waals surface area contributed by atoms with Gasteiger partial charge in [-0.2, -0.15) is 0 Å². The molecule has 3 N–H and O–H groups in total. The molecule has 0 aliphatic carbocycles. The molecule has 0 spiro atoms. The molecule has 1 fully saturated rings. The Labute approximate surface area is 528 Å². The van der Waals surface area contributed by atoms with Gasteiger partial charge >= 0.3 is 0 Å². The molecule has 13 atom stereocenters. The maximum atomic E-state index is 15.1. The van der Waals surface area contributed by atoms with Crippen LogP contribution in [0.25, 0.3) is 0 Å². The topological polar surface area (TPSA) is 267 Å². The van der Waals surface area contributed by atoms with Crippen LogP contribution in [0.2, 0.25) is 0 Å². The van der Waals surface area contributed by atoms with Gasteiger partial charge in [0.05, 0.1) is 30.3 Å². The lowest BCUT2D eigenvalue weighted by molar-refractivity contribution is -0.192. The molecule has 0 unspecified atom stereocenters. The van der Waals surface area contributed by atoms with Crippen LogP contribution in [0, 0.1) is 64.6 Å². The van der Waals surface area contributed by atoms with Crippen LogP contribution >= 0.6 is 0 Å². The summed E-state index contributed by atoms with van der Waals surface area (Å²) in [7, 11) is 10.0. The Kier molecular flexibility index (Phi) is 33.4. The first-order valence-electron chi connectivity index (χ1n) is 32.0. The maximum absolute atomic E-state index is 15.1. The average molecular weight is 1240 g/mol. The van der Waals surface area contributed by atoms with Crippen molar-refractivity contribution in [2.75, 3.05) is 49.5 Å². The predicted octanol–water partition coefficient (Wildman–Crippen LogP) is 6.93. The molecule has 1 heterocycles. The van der Waals surface area contributed by atoms with Gasteiger partial charge in [0.15, 0.2) is 29.4 Å². The Balaban J connectivity index is 4.40. The van der Waals surface area contributed by atoms with Gasteiger partial charge in [0.2, 0.25) is 41.4 Å². The van der Waals surface area contributed by atoms with Crippen molar-refractivity contribution in [1.82, 2.24) is 35.1 Å². The molecule has 0 saturated carbocycles. The number of amides is 7. The Hall–Kier alpha value is -5.41. The number of aliphatic hydroxyl groups excluding tert-OH is 1. The Morgan fingerprint density at radius 3 is 1.48 bits per heavy atom. The van der Waals surface area contributed by atoms with Gasteiger partial charge in [-0.1, -0.05) is 123 Å². The molecule has 0 bridgehead atoms. The van der Waals surface area contributed by atoms with Crippen LogP contribution in [0.4, 0.5) is 0 Å². The SMILES string of the molecule is C/C=C/C[C@@H](C)[C@@H](O)[C@H]1C(=O)N[C@@H](CC)C(=O)C[C@H](C)C(=O)N(C)[C@@H](C(C)(C)C(OC)OC)C(=O)C[C@@H](C(C)C)C(=O)N(C)[C@@H](CC(C)C)C(=O)C[C@@H](C)C(=O)N[C@H](C)C(=O)N(C)[C@@H](CC(C)C)C(=O)C[C@@H](CC(C)C)C(=O)N(C)[C@@H](C(C)C)C(=O)N1C. The number of hydrogen-bond acceptors (Lipinski definition) is 14. The van der Waals surface area contributed by atoms with Crippen LogP contribution in [0.5, 0.6) is 0 Å². The Morgan fingerprint density at radius 2 is 1.02 bits per heavy atom. The molecular weight excluding hydrogens is 1130 g/mol. The quantitative estimate of drug-likeness (QED) is 0.0985. The fourth-order valence-electron chi connectivity index (χ4n) is 12.5. The Morgan fingerprint density at radius 1 is 0.545 bits per heavy atom. The van der Waals surface area contributed by atoms with Crippen LogP contribution in [0.1, 0.15) is 182 Å². The average Bonchev–Trinajstić information content (AvgIpc) is 3.51. The molecule has 1 aliphatic rings. The van der Waals surface area contributed by atoms with E-state index in [1.165, 1.54) is 82.9 Å². The highest BCUT2D eigenvalue weighted by atomic mass is 16.7. The molecule has 7 amide bonds. The fourth-order valence-corrected chi connectivity index (χ4v) is 12.5. The predicted molar refractivity (Wildman–Crippen MR) is 341 cm³/mol. The van der Waals surface area contributed by atoms with Gasteiger partial charge in [-0.25, -0.2) is 0 Å². The number of aliphatic hydroxyl groups is 1. The van der Waals surface area contributed by atoms with Crippen LogP contribution in [-0.4, -0.2) is 198 Å². The second-order valence-corrected chi connectivity index (χ2v) is 27.8. The summed E-state index contributed by atoms with van der Waals surface area (Å²) in [5.74, 6) is -12.3. The number of Topliss-reactive ketones (excluding diaryl/α,β-unsaturated/α-hetero) is 4. The largest absolute Gasteiger partial charge is 0.390 e. The number of ketones is 4. The van der Waals surface area contributed by atoms with E-state index < -0.39 is 172 Å². The summed E-state index contributed by atoms with van der Waals surface area (Å²) in [4.78, 5) is 168. The number of likely N-dealkylation sites (N-methyl/N-ethyl adjacent to an activating group) is 5. The molecule has 0 aromatic heterocycles. The third-order valence-electron chi connectivity index (χ3n) is 17.7. The third-order valence-corrected chi connectivity index (χ3v) is 17.7. The monoisotopic (exact) mass is 1240 g/mol. The third kappa shape index (κ3) is 21.9. The number of nitrogens with zero attached hydrogens (tertiary/aromatic N) is 5. The van der Waals surface area contributed by atoms with Crippen molar-refractivity contribution in [3.8, 4) is 0 Å². The van der Waals surface area contributed by atoms with E-state index in [-0.39, 0.29) is 62.7 Å². The molecule has 504 valence electrons. The highest BCUT2D eigenvalue weighted by Gasteiger charge is 2.49. The van der Waals surface area contributed by atoms with Gasteiger partial charge in [0, 0.05) is 104 Å². The standard InChI is InChI=1S/C67H117N7O14/c1-26-28-29-42(13)57(79)56-60(81)69-48(27-2)51(75)34-44(15)61(82)74(23)58(67(17,18)66(87-24)88-25)54(78)36-47(40(9)10)64(85)71(20)49(31-38(5)6)52(76)33-43(14)59(80)68-45(16)62(83)70(19)50(32-39(7)8)53(77)35-46(30-37(3)4)63(84)72(21)55(41(11)12)65(86)73(56)22/h26,28,37-50,55-58,66,79H,27,29-36H2,1-25H3,(H,68,80)(H,69,81)/b28-26+/t42-,43-,44+,45-,46-,47+,48+,49+,50+,55+,56+,57-,58-/m1/s1. The minimum Gasteiger partial charge on any atom is -0.390 e. The maximum Gasteiger partial charge on any atom is 0.246 e. The van der Waals surface area contributed by atoms with E-state index in [1.54, 1.807) is 75.3 Å². The summed E-state index contributed by atoms with van der Waals surface area (Å²) in [6.45, 7) is 31.5. The van der Waals surface area contributed by atoms with Crippen molar-refractivity contribution in [3.63, 3.8) is 0 Å². The van der Waals surface area contributed by atoms with E-state index in [2.05, 4.69) is 10.6 Å². The normalized spacial score (nSPS) is 27.6. The molecular formula is C67H117N7O14. The van der Waals surface area contributed by atoms with Crippen molar-refractivity contribution in [2.24, 2.45) is 64.6 Å². The van der Waals surface area contributed by atoms with E-state index in [9.17, 15) is 48.3 Å². The first kappa shape index (κ1) is 80.6. The molecule has 0 aromatic rings. The van der Waals surface area contributed by atoms with E-state index in [0.29, 0.717) is 6.42 Å². The molecule has 1 aliphatic heterocycles. The summed E-state index contributed by atoms with van der Waals surface area (Å²) in [6, 6.07) is -8.55. The first-order valence-corrected chi connectivity index (χ1v) is 32.0. The molecule has 88 heavy (non-hydrogen) atoms. The van der Waals surface area contributed by atoms with Crippen LogP contribution in [-0.2, 0) is 62.2 Å². The zero-order valence-electron chi connectivity index (χ0n) is 58.5. The lowest BCUT2D eigenvalue weighted by Gasteiger charge is -2.44. The summed E-state index contributed by atoms with van der Waals surface area (Å²) in [5, 5.41) is 17.7. The smallest absolute Gasteiger partial charge is 0.246 e. The van der Waals surface area contributed by atoms with Gasteiger partial charge in [-0.3, -0.25) is 52.7 Å². The summed E-state index contributed by atoms with van der Waals surface area (Å²) in [6.07, 6.45) is 0.703. The number of allylic oxidation sites excluding steroid dienone is 2. The Bertz CT molecular complexity index is 2400. The van der Waals surface area contributed by atoms with Gasteiger partial charge < -0.3 is 49.7 Å². The molecule has 1 saturated heterocycles. The lowest BCUT2D eigenvalue weighted by atomic mass is 9.76. The highest BCUT2D eigenvalue weighted by Crippen LogP contribution is 2.36. The molecule has 1 rings (SSSR count). The molecule has 21 heteroatoms. The number of methoxy groups -OCH3 is 2. The second kappa shape index (κ2) is 36.4. The number of carbonyl (C=O) groups is 11. The number of nitrogens with one attached hydrogen (secondary N) is 2. The zero-order valence-corrected chi connectivity index (χ0v) is 58.5. The van der Waals surface area contributed by atoms with E-state index in [1.807, 2.05) is 47.6 Å². The van der Waals surface area contributed by atoms with Gasteiger partial charge in [-0.05, 0) is 81.5 Å². The minimum atomic E-state index is -1.59. The van der Waals surface area contributed by atoms with Crippen LogP contribution < -0.4 is 10.6 Å². The van der Waals surface area contributed by atoms with Crippen LogP contribution in [0.3, 0.4) is 0 Å². The van der Waals surface area contributed by atoms with Gasteiger partial charge in [-0.15, -0.1) is 0 Å². The van der Waals surface area contributed by atoms with Crippen molar-refractivity contribution in [3.05, 3.63) is 12.2 Å². The van der Waals surface area contributed by atoms with Crippen molar-refractivity contribution in [1.29, 1.82) is 0 Å². The second-order valence-electron chi connectivity index (χ2n) is 27.8. The molecule has 0 radical (unpaired) electrons. The fraction of sp³-hybridized carbons (Fsp3) is 0.806. The summed E-state index contributed by atoms with van der Waals surface area (Å²) < 4.78 is 11.4. The first-order chi connectivity index (χ1) is 40.6. The highest BCUT2D eigenvalue weighted by molar-refractivity contribution is 6.00. The van der Waals surface area contributed by atoms with Crippen LogP contribution in [0.15, 0.2) is 12.2 Å². The van der Waals surface area contributed by atoms with Crippen molar-refractivity contribution in [2.45, 2.75) is 237 Å².